The van der Waals surface area contributed by atoms with Crippen molar-refractivity contribution in [2.75, 3.05) is 0 Å². The van der Waals surface area contributed by atoms with Gasteiger partial charge in [0.2, 0.25) is 11.8 Å². The zero-order valence-corrected chi connectivity index (χ0v) is 14.1. The lowest BCUT2D eigenvalue weighted by Crippen LogP contribution is -2.20. The van der Waals surface area contributed by atoms with Crippen LogP contribution in [0.1, 0.15) is 22.9 Å². The number of benzene rings is 1. The van der Waals surface area contributed by atoms with Crippen molar-refractivity contribution < 1.29 is 14.1 Å². The van der Waals surface area contributed by atoms with Crippen LogP contribution in [0.25, 0.3) is 11.3 Å². The van der Waals surface area contributed by atoms with Crippen molar-refractivity contribution in [3.8, 4) is 23.3 Å². The predicted molar refractivity (Wildman–Crippen MR) is 93.4 cm³/mol. The van der Waals surface area contributed by atoms with Crippen LogP contribution in [-0.4, -0.2) is 15.1 Å². The highest BCUT2D eigenvalue weighted by atomic mass is 16.6. The molecule has 1 unspecified atom stereocenters. The summed E-state index contributed by atoms with van der Waals surface area (Å²) < 4.78 is 11.3. The van der Waals surface area contributed by atoms with Crippen molar-refractivity contribution in [3.05, 3.63) is 75.0 Å². The van der Waals surface area contributed by atoms with Gasteiger partial charge in [-0.3, -0.25) is 15.2 Å². The van der Waals surface area contributed by atoms with Gasteiger partial charge in [0.1, 0.15) is 23.2 Å². The monoisotopic (exact) mass is 363 g/mol. The molecule has 3 aromatic rings. The van der Waals surface area contributed by atoms with Crippen molar-refractivity contribution >= 4 is 5.69 Å². The molecule has 3 N–H and O–H groups in total. The number of nitro groups is 1. The number of hydrogen-bond donors (Lipinski definition) is 2. The average molecular weight is 363 g/mol. The molecule has 1 aromatic carbocycles. The fraction of sp³-hybridized carbons (Fsp3) is 0.111. The third-order valence-corrected chi connectivity index (χ3v) is 4.41. The van der Waals surface area contributed by atoms with E-state index in [0.29, 0.717) is 28.3 Å². The topological polar surface area (TPSA) is 144 Å². The average Bonchev–Trinajstić information content (AvgIpc) is 3.28. The van der Waals surface area contributed by atoms with Crippen LogP contribution in [-0.2, 0) is 0 Å². The number of nitriles is 1. The number of aromatic amines is 1. The lowest BCUT2D eigenvalue weighted by molar-refractivity contribution is -0.384. The quantitative estimate of drug-likeness (QED) is 0.537. The minimum absolute atomic E-state index is 0.0508. The minimum atomic E-state index is -0.617. The number of nitro benzene ring substituents is 1. The number of para-hydroxylation sites is 1. The number of aromatic nitrogens is 2. The fourth-order valence-electron chi connectivity index (χ4n) is 3.18. The summed E-state index contributed by atoms with van der Waals surface area (Å²) in [6.07, 6.45) is 0. The van der Waals surface area contributed by atoms with E-state index in [1.165, 1.54) is 6.07 Å². The van der Waals surface area contributed by atoms with Gasteiger partial charge in [0.05, 0.1) is 22.0 Å². The second kappa shape index (κ2) is 6.03. The maximum absolute atomic E-state index is 11.3. The summed E-state index contributed by atoms with van der Waals surface area (Å²) >= 11 is 0. The minimum Gasteiger partial charge on any atom is -0.460 e. The van der Waals surface area contributed by atoms with E-state index in [9.17, 15) is 15.4 Å². The first-order valence-corrected chi connectivity index (χ1v) is 7.97. The molecular formula is C18H13N5O4. The molecule has 0 spiro atoms. The molecule has 9 heteroatoms. The van der Waals surface area contributed by atoms with E-state index in [4.69, 9.17) is 14.9 Å². The molecule has 0 saturated carbocycles. The second-order valence-corrected chi connectivity index (χ2v) is 5.97. The van der Waals surface area contributed by atoms with Gasteiger partial charge in [-0.15, -0.1) is 5.10 Å². The Morgan fingerprint density at radius 3 is 2.85 bits per heavy atom. The van der Waals surface area contributed by atoms with Crippen molar-refractivity contribution in [2.45, 2.75) is 12.8 Å². The number of allylic oxidation sites excluding steroid dienone is 1. The first-order chi connectivity index (χ1) is 13.0. The molecule has 3 heterocycles. The van der Waals surface area contributed by atoms with Gasteiger partial charge in [0.25, 0.3) is 5.69 Å². The number of nitrogens with one attached hydrogen (secondary N) is 1. The number of furan rings is 1. The summed E-state index contributed by atoms with van der Waals surface area (Å²) in [6, 6.07) is 11.6. The van der Waals surface area contributed by atoms with E-state index in [1.807, 2.05) is 0 Å². The van der Waals surface area contributed by atoms with Gasteiger partial charge in [-0.25, -0.2) is 0 Å². The maximum atomic E-state index is 11.3. The Balaban J connectivity index is 1.86. The van der Waals surface area contributed by atoms with Crippen LogP contribution in [0.5, 0.6) is 5.88 Å². The Morgan fingerprint density at radius 1 is 1.33 bits per heavy atom. The van der Waals surface area contributed by atoms with Crippen LogP contribution >= 0.6 is 0 Å². The molecule has 1 aliphatic rings. The third-order valence-electron chi connectivity index (χ3n) is 4.41. The van der Waals surface area contributed by atoms with E-state index in [2.05, 4.69) is 16.3 Å². The summed E-state index contributed by atoms with van der Waals surface area (Å²) in [5.41, 5.74) is 7.69. The summed E-state index contributed by atoms with van der Waals surface area (Å²) in [6.45, 7) is 1.80. The molecule has 0 saturated heterocycles. The molecule has 0 aliphatic carbocycles. The molecule has 2 aromatic heterocycles. The van der Waals surface area contributed by atoms with Crippen LogP contribution in [0, 0.1) is 28.4 Å². The van der Waals surface area contributed by atoms with Crippen LogP contribution in [0.15, 0.2) is 52.3 Å². The highest BCUT2D eigenvalue weighted by Crippen LogP contribution is 2.44. The van der Waals surface area contributed by atoms with Crippen LogP contribution < -0.4 is 10.5 Å². The highest BCUT2D eigenvalue weighted by molar-refractivity contribution is 5.69. The van der Waals surface area contributed by atoms with Crippen molar-refractivity contribution in [3.63, 3.8) is 0 Å². The molecule has 27 heavy (non-hydrogen) atoms. The van der Waals surface area contributed by atoms with Gasteiger partial charge < -0.3 is 14.9 Å². The SMILES string of the molecule is Cc1[nH]nc2c1C(c1ccc(-c3ccccc3[N+](=O)[O-])o1)C(C#N)=C(N)O2. The summed E-state index contributed by atoms with van der Waals surface area (Å²) in [4.78, 5) is 10.8. The van der Waals surface area contributed by atoms with Crippen molar-refractivity contribution in [2.24, 2.45) is 5.73 Å². The third kappa shape index (κ3) is 2.51. The largest absolute Gasteiger partial charge is 0.460 e. The number of nitrogens with two attached hydrogens (primary N) is 1. The number of rotatable bonds is 3. The zero-order chi connectivity index (χ0) is 19.1. The maximum Gasteiger partial charge on any atom is 0.280 e. The Labute approximate surface area is 152 Å². The van der Waals surface area contributed by atoms with Gasteiger partial charge in [-0.1, -0.05) is 12.1 Å². The van der Waals surface area contributed by atoms with E-state index in [1.54, 1.807) is 37.3 Å². The standard InChI is InChI=1S/C18H13N5O4/c1-9-15-16(11(8-19)17(20)27-18(15)22-21-9)14-7-6-13(26-14)10-4-2-3-5-12(10)23(24)25/h2-7,16H,20H2,1H3,(H,21,22). The molecular weight excluding hydrogens is 350 g/mol. The molecule has 0 bridgehead atoms. The van der Waals surface area contributed by atoms with Gasteiger partial charge >= 0.3 is 0 Å². The smallest absolute Gasteiger partial charge is 0.280 e. The summed E-state index contributed by atoms with van der Waals surface area (Å²) in [7, 11) is 0. The fourth-order valence-corrected chi connectivity index (χ4v) is 3.18. The molecule has 1 atom stereocenters. The molecule has 134 valence electrons. The van der Waals surface area contributed by atoms with Crippen LogP contribution in [0.4, 0.5) is 5.69 Å². The van der Waals surface area contributed by atoms with E-state index >= 15 is 0 Å². The van der Waals surface area contributed by atoms with Crippen molar-refractivity contribution in [1.29, 1.82) is 5.26 Å². The Kier molecular flexibility index (Phi) is 3.67. The van der Waals surface area contributed by atoms with Gasteiger partial charge in [-0.05, 0) is 25.1 Å². The van der Waals surface area contributed by atoms with E-state index < -0.39 is 10.8 Å². The van der Waals surface area contributed by atoms with E-state index in [-0.39, 0.29) is 23.0 Å². The number of H-pyrrole nitrogens is 1. The normalized spacial score (nSPS) is 15.8. The van der Waals surface area contributed by atoms with Crippen LogP contribution in [0.3, 0.4) is 0 Å². The number of fused-ring (bicyclic) bond motifs is 1. The molecule has 4 rings (SSSR count). The van der Waals surface area contributed by atoms with Gasteiger partial charge in [0.15, 0.2) is 0 Å². The molecule has 0 fully saturated rings. The molecule has 1 aliphatic heterocycles. The van der Waals surface area contributed by atoms with Gasteiger partial charge in [-0.2, -0.15) is 5.26 Å². The zero-order valence-electron chi connectivity index (χ0n) is 14.1. The van der Waals surface area contributed by atoms with Gasteiger partial charge in [0, 0.05) is 11.8 Å². The summed E-state index contributed by atoms with van der Waals surface area (Å²) in [5.74, 6) is 0.343. The lowest BCUT2D eigenvalue weighted by atomic mass is 9.88. The van der Waals surface area contributed by atoms with Crippen LogP contribution in [0.2, 0.25) is 0 Å². The Bertz CT molecular complexity index is 1130. The molecule has 9 nitrogen and oxygen atoms in total. The number of nitrogens with zero attached hydrogens (tertiary/aromatic N) is 3. The predicted octanol–water partition coefficient (Wildman–Crippen LogP) is 3.10. The highest BCUT2D eigenvalue weighted by Gasteiger charge is 2.36. The second-order valence-electron chi connectivity index (χ2n) is 5.97. The molecule has 0 radical (unpaired) electrons. The number of hydrogen-bond acceptors (Lipinski definition) is 7. The summed E-state index contributed by atoms with van der Waals surface area (Å²) in [5, 5.41) is 27.7. The first-order valence-electron chi connectivity index (χ1n) is 7.97. The first kappa shape index (κ1) is 16.4. The lowest BCUT2D eigenvalue weighted by Gasteiger charge is -2.21. The Morgan fingerprint density at radius 2 is 2.11 bits per heavy atom. The van der Waals surface area contributed by atoms with Crippen molar-refractivity contribution in [1.82, 2.24) is 10.2 Å². The number of aryl methyl sites for hydroxylation is 1. The number of ether oxygens (including phenoxy) is 1. The Hall–Kier alpha value is -4.06. The van der Waals surface area contributed by atoms with E-state index in [0.717, 1.165) is 0 Å². The molecule has 0 amide bonds.